The van der Waals surface area contributed by atoms with Gasteiger partial charge < -0.3 is 4.42 Å². The molecule has 0 aliphatic heterocycles. The molecule has 59 heavy (non-hydrogen) atoms. The third-order valence-electron chi connectivity index (χ3n) is 12.2. The zero-order chi connectivity index (χ0) is 39.2. The molecule has 0 fully saturated rings. The average molecular weight is 774 g/mol. The molecule has 0 amide bonds. The van der Waals surface area contributed by atoms with E-state index in [1.54, 1.807) is 11.3 Å². The summed E-state index contributed by atoms with van der Waals surface area (Å²) in [4.78, 5) is 15.8. The Morgan fingerprint density at radius 3 is 1.86 bits per heavy atom. The van der Waals surface area contributed by atoms with E-state index in [1.165, 1.54) is 48.2 Å². The van der Waals surface area contributed by atoms with E-state index in [0.717, 1.165) is 55.1 Å². The Bertz CT molecular complexity index is 3470. The lowest BCUT2D eigenvalue weighted by atomic mass is 9.82. The second-order valence-electron chi connectivity index (χ2n) is 15.9. The van der Waals surface area contributed by atoms with Crippen LogP contribution in [0.4, 0.5) is 0 Å². The van der Waals surface area contributed by atoms with Gasteiger partial charge in [0.05, 0.1) is 0 Å². The van der Waals surface area contributed by atoms with E-state index in [4.69, 9.17) is 19.4 Å². The Balaban J connectivity index is 1.03. The summed E-state index contributed by atoms with van der Waals surface area (Å²) in [5.41, 5.74) is 14.2. The lowest BCUT2D eigenvalue weighted by Crippen LogP contribution is -2.14. The highest BCUT2D eigenvalue weighted by Crippen LogP contribution is 2.49. The van der Waals surface area contributed by atoms with E-state index >= 15 is 0 Å². The van der Waals surface area contributed by atoms with Crippen LogP contribution in [0.5, 0.6) is 0 Å². The molecular formula is C54H35N3OS. The predicted octanol–water partition coefficient (Wildman–Crippen LogP) is 14.8. The highest BCUT2D eigenvalue weighted by atomic mass is 32.1. The standard InChI is InChI=1S/C54H35N3OS/c1-54(2)43-18-8-6-14-38(43)42-30-35(27-29-44(42)54)51-55-52(57-53(56-51)41-17-11-21-48-50(41)40-15-7-9-20-47(40)59-48)36-26-28-39-46(31-36)58-45-19-10-16-37(49(39)45)34-24-22-33(23-25-34)32-12-4-3-5-13-32/h3-31H,1-2H3. The van der Waals surface area contributed by atoms with Crippen molar-refractivity contribution in [2.75, 3.05) is 0 Å². The second-order valence-corrected chi connectivity index (χ2v) is 17.0. The van der Waals surface area contributed by atoms with Gasteiger partial charge in [0.2, 0.25) is 0 Å². The van der Waals surface area contributed by atoms with Gasteiger partial charge in [0.15, 0.2) is 17.5 Å². The van der Waals surface area contributed by atoms with Crippen LogP contribution in [0.25, 0.3) is 110 Å². The van der Waals surface area contributed by atoms with Gasteiger partial charge in [0, 0.05) is 53.1 Å². The number of hydrogen-bond donors (Lipinski definition) is 0. The van der Waals surface area contributed by atoms with Crippen molar-refractivity contribution in [3.05, 3.63) is 187 Å². The summed E-state index contributed by atoms with van der Waals surface area (Å²) in [6.07, 6.45) is 0. The van der Waals surface area contributed by atoms with Crippen LogP contribution in [0.2, 0.25) is 0 Å². The number of rotatable bonds is 5. The van der Waals surface area contributed by atoms with Crippen molar-refractivity contribution in [1.82, 2.24) is 15.0 Å². The summed E-state index contributed by atoms with van der Waals surface area (Å²) in [7, 11) is 0. The Hall–Kier alpha value is -7.21. The van der Waals surface area contributed by atoms with Gasteiger partial charge in [-0.3, -0.25) is 0 Å². The Morgan fingerprint density at radius 2 is 1.00 bits per heavy atom. The highest BCUT2D eigenvalue weighted by molar-refractivity contribution is 7.25. The maximum absolute atomic E-state index is 6.63. The van der Waals surface area contributed by atoms with Gasteiger partial charge in [-0.2, -0.15) is 0 Å². The molecule has 12 rings (SSSR count). The maximum Gasteiger partial charge on any atom is 0.164 e. The highest BCUT2D eigenvalue weighted by Gasteiger charge is 2.35. The van der Waals surface area contributed by atoms with E-state index in [9.17, 15) is 0 Å². The lowest BCUT2D eigenvalue weighted by Gasteiger charge is -2.21. The molecule has 0 saturated carbocycles. The Labute approximate surface area is 345 Å². The number of aromatic nitrogens is 3. The van der Waals surface area contributed by atoms with E-state index < -0.39 is 0 Å². The molecular weight excluding hydrogens is 739 g/mol. The number of fused-ring (bicyclic) bond motifs is 9. The first-order valence-corrected chi connectivity index (χ1v) is 20.8. The summed E-state index contributed by atoms with van der Waals surface area (Å²) in [6.45, 7) is 4.61. The van der Waals surface area contributed by atoms with Gasteiger partial charge in [0.25, 0.3) is 0 Å². The predicted molar refractivity (Wildman–Crippen MR) is 245 cm³/mol. The molecule has 3 heterocycles. The molecule has 11 aromatic rings. The van der Waals surface area contributed by atoms with Crippen LogP contribution in [0.15, 0.2) is 180 Å². The quantitative estimate of drug-likeness (QED) is 0.175. The molecule has 8 aromatic carbocycles. The summed E-state index contributed by atoms with van der Waals surface area (Å²) >= 11 is 1.80. The summed E-state index contributed by atoms with van der Waals surface area (Å²) in [5, 5.41) is 4.52. The van der Waals surface area contributed by atoms with E-state index in [2.05, 4.69) is 184 Å². The van der Waals surface area contributed by atoms with Crippen LogP contribution < -0.4 is 0 Å². The molecule has 0 radical (unpaired) electrons. The molecule has 1 aliphatic rings. The van der Waals surface area contributed by atoms with Crippen LogP contribution >= 0.6 is 11.3 Å². The third-order valence-corrected chi connectivity index (χ3v) is 13.3. The lowest BCUT2D eigenvalue weighted by molar-refractivity contribution is 0.660. The molecule has 0 N–H and O–H groups in total. The monoisotopic (exact) mass is 773 g/mol. The van der Waals surface area contributed by atoms with Gasteiger partial charge >= 0.3 is 0 Å². The van der Waals surface area contributed by atoms with Crippen molar-refractivity contribution in [1.29, 1.82) is 0 Å². The summed E-state index contributed by atoms with van der Waals surface area (Å²) in [5.74, 6) is 1.88. The Morgan fingerprint density at radius 1 is 0.390 bits per heavy atom. The van der Waals surface area contributed by atoms with Crippen LogP contribution in [0, 0.1) is 0 Å². The molecule has 0 saturated heterocycles. The van der Waals surface area contributed by atoms with Gasteiger partial charge in [-0.1, -0.05) is 153 Å². The van der Waals surface area contributed by atoms with E-state index in [0.29, 0.717) is 17.5 Å². The fraction of sp³-hybridized carbons (Fsp3) is 0.0556. The largest absolute Gasteiger partial charge is 0.456 e. The minimum absolute atomic E-state index is 0.0942. The van der Waals surface area contributed by atoms with Gasteiger partial charge in [0.1, 0.15) is 11.2 Å². The first kappa shape index (κ1) is 33.9. The van der Waals surface area contributed by atoms with E-state index in [1.807, 2.05) is 6.07 Å². The van der Waals surface area contributed by atoms with Gasteiger partial charge in [-0.05, 0) is 80.9 Å². The molecule has 3 aromatic heterocycles. The van der Waals surface area contributed by atoms with Crippen molar-refractivity contribution >= 4 is 53.4 Å². The fourth-order valence-corrected chi connectivity index (χ4v) is 10.4. The number of benzene rings is 8. The van der Waals surface area contributed by atoms with Crippen molar-refractivity contribution < 1.29 is 4.42 Å². The number of hydrogen-bond acceptors (Lipinski definition) is 5. The van der Waals surface area contributed by atoms with Crippen molar-refractivity contribution in [2.45, 2.75) is 19.3 Å². The van der Waals surface area contributed by atoms with Gasteiger partial charge in [-0.25, -0.2) is 15.0 Å². The molecule has 4 nitrogen and oxygen atoms in total. The molecule has 0 spiro atoms. The topological polar surface area (TPSA) is 51.8 Å². The zero-order valence-corrected chi connectivity index (χ0v) is 33.2. The summed E-state index contributed by atoms with van der Waals surface area (Å²) < 4.78 is 9.08. The Kier molecular flexibility index (Phi) is 7.41. The second kappa shape index (κ2) is 12.9. The average Bonchev–Trinajstić information content (AvgIpc) is 3.94. The first-order valence-electron chi connectivity index (χ1n) is 20.0. The molecule has 278 valence electrons. The molecule has 0 atom stereocenters. The number of thiophene rings is 1. The van der Waals surface area contributed by atoms with Crippen molar-refractivity contribution in [3.63, 3.8) is 0 Å². The number of nitrogens with zero attached hydrogens (tertiary/aromatic N) is 3. The molecule has 0 bridgehead atoms. The first-order chi connectivity index (χ1) is 29.0. The minimum Gasteiger partial charge on any atom is -0.456 e. The molecule has 0 unspecified atom stereocenters. The zero-order valence-electron chi connectivity index (χ0n) is 32.4. The molecule has 5 heteroatoms. The smallest absolute Gasteiger partial charge is 0.164 e. The van der Waals surface area contributed by atoms with Crippen molar-refractivity contribution in [3.8, 4) is 67.5 Å². The van der Waals surface area contributed by atoms with Crippen LogP contribution in [-0.4, -0.2) is 15.0 Å². The fourth-order valence-electron chi connectivity index (χ4n) is 9.25. The van der Waals surface area contributed by atoms with Crippen LogP contribution in [-0.2, 0) is 5.41 Å². The van der Waals surface area contributed by atoms with Crippen LogP contribution in [0.1, 0.15) is 25.0 Å². The maximum atomic E-state index is 6.63. The van der Waals surface area contributed by atoms with Crippen molar-refractivity contribution in [2.24, 2.45) is 0 Å². The van der Waals surface area contributed by atoms with Crippen LogP contribution in [0.3, 0.4) is 0 Å². The minimum atomic E-state index is -0.0942. The SMILES string of the molecule is CC1(C)c2ccccc2-c2cc(-c3nc(-c4ccc5c(c4)oc4cccc(-c6ccc(-c7ccccc7)cc6)c45)nc(-c4cccc5sc6ccccc6c45)n3)ccc21. The number of furan rings is 1. The summed E-state index contributed by atoms with van der Waals surface area (Å²) in [6, 6.07) is 62.4. The van der Waals surface area contributed by atoms with Gasteiger partial charge in [-0.15, -0.1) is 11.3 Å². The normalized spacial score (nSPS) is 13.1. The molecule has 1 aliphatic carbocycles. The third kappa shape index (κ3) is 5.32. The van der Waals surface area contributed by atoms with E-state index in [-0.39, 0.29) is 5.41 Å².